The monoisotopic (exact) mass is 340 g/mol. The van der Waals surface area contributed by atoms with Crippen LogP contribution >= 0.6 is 11.3 Å². The molecule has 5 nitrogen and oxygen atoms in total. The van der Waals surface area contributed by atoms with E-state index in [9.17, 15) is 0 Å². The maximum Gasteiger partial charge on any atom is 0.132 e. The van der Waals surface area contributed by atoms with Gasteiger partial charge in [-0.15, -0.1) is 11.3 Å². The Labute approximate surface area is 145 Å². The van der Waals surface area contributed by atoms with E-state index in [1.54, 1.807) is 17.5 Å². The maximum atomic E-state index is 8.86. The SMILES string of the molecule is Cc1ccnc(Nc2cccc(-c3cnc(CCCCO)s3)n2)c1. The van der Waals surface area contributed by atoms with Crippen molar-refractivity contribution in [2.24, 2.45) is 0 Å². The molecule has 0 saturated heterocycles. The molecular weight excluding hydrogens is 320 g/mol. The van der Waals surface area contributed by atoms with Gasteiger partial charge in [0.15, 0.2) is 0 Å². The minimum absolute atomic E-state index is 0.237. The van der Waals surface area contributed by atoms with Crippen molar-refractivity contribution in [1.29, 1.82) is 0 Å². The molecule has 0 fully saturated rings. The first-order valence-electron chi connectivity index (χ1n) is 7.97. The number of nitrogens with zero attached hydrogens (tertiary/aromatic N) is 3. The van der Waals surface area contributed by atoms with Crippen LogP contribution in [-0.4, -0.2) is 26.7 Å². The Hall–Kier alpha value is -2.31. The summed E-state index contributed by atoms with van der Waals surface area (Å²) < 4.78 is 0. The largest absolute Gasteiger partial charge is 0.396 e. The van der Waals surface area contributed by atoms with Crippen LogP contribution in [0.4, 0.5) is 11.6 Å². The van der Waals surface area contributed by atoms with Gasteiger partial charge < -0.3 is 10.4 Å². The van der Waals surface area contributed by atoms with Crippen molar-refractivity contribution in [3.63, 3.8) is 0 Å². The van der Waals surface area contributed by atoms with Crippen molar-refractivity contribution in [2.75, 3.05) is 11.9 Å². The highest BCUT2D eigenvalue weighted by Gasteiger charge is 2.07. The smallest absolute Gasteiger partial charge is 0.132 e. The zero-order valence-corrected chi connectivity index (χ0v) is 14.4. The molecule has 0 radical (unpaired) electrons. The number of rotatable bonds is 7. The van der Waals surface area contributed by atoms with E-state index >= 15 is 0 Å². The van der Waals surface area contributed by atoms with Gasteiger partial charge in [0.1, 0.15) is 11.6 Å². The van der Waals surface area contributed by atoms with Crippen molar-refractivity contribution >= 4 is 23.0 Å². The third-order valence-corrected chi connectivity index (χ3v) is 4.61. The second-order valence-electron chi connectivity index (χ2n) is 5.55. The number of nitrogens with one attached hydrogen (secondary N) is 1. The van der Waals surface area contributed by atoms with Crippen molar-refractivity contribution in [1.82, 2.24) is 15.0 Å². The molecular formula is C18H20N4OS. The van der Waals surface area contributed by atoms with Gasteiger partial charge in [-0.1, -0.05) is 6.07 Å². The van der Waals surface area contributed by atoms with Crippen LogP contribution in [0.1, 0.15) is 23.4 Å². The van der Waals surface area contributed by atoms with Gasteiger partial charge in [0.25, 0.3) is 0 Å². The Balaban J connectivity index is 1.73. The molecule has 3 rings (SSSR count). The predicted octanol–water partition coefficient (Wildman–Crippen LogP) is 3.97. The molecule has 0 aromatic carbocycles. The quantitative estimate of drug-likeness (QED) is 0.637. The van der Waals surface area contributed by atoms with Crippen LogP contribution in [-0.2, 0) is 6.42 Å². The number of anilines is 2. The summed E-state index contributed by atoms with van der Waals surface area (Å²) in [5, 5.41) is 13.2. The Morgan fingerprint density at radius 2 is 2.04 bits per heavy atom. The molecule has 0 amide bonds. The highest BCUT2D eigenvalue weighted by atomic mass is 32.1. The predicted molar refractivity (Wildman–Crippen MR) is 97.6 cm³/mol. The number of aryl methyl sites for hydroxylation is 2. The number of aliphatic hydroxyl groups is 1. The van der Waals surface area contributed by atoms with Crippen LogP contribution in [0.5, 0.6) is 0 Å². The fraction of sp³-hybridized carbons (Fsp3) is 0.278. The van der Waals surface area contributed by atoms with Crippen LogP contribution in [0.25, 0.3) is 10.6 Å². The lowest BCUT2D eigenvalue weighted by Crippen LogP contribution is -1.96. The number of pyridine rings is 2. The first kappa shape index (κ1) is 16.5. The van der Waals surface area contributed by atoms with Crippen LogP contribution in [0.2, 0.25) is 0 Å². The standard InChI is InChI=1S/C18H20N4OS/c1-13-8-9-19-17(11-13)22-16-6-4-5-14(21-16)15-12-20-18(24-15)7-2-3-10-23/h4-6,8-9,11-12,23H,2-3,7,10H2,1H3,(H,19,21,22). The lowest BCUT2D eigenvalue weighted by Gasteiger charge is -2.06. The number of hydrogen-bond donors (Lipinski definition) is 2. The molecule has 0 saturated carbocycles. The van der Waals surface area contributed by atoms with Crippen LogP contribution in [0, 0.1) is 6.92 Å². The van der Waals surface area contributed by atoms with E-state index in [1.807, 2.05) is 43.5 Å². The topological polar surface area (TPSA) is 70.9 Å². The zero-order valence-electron chi connectivity index (χ0n) is 13.6. The lowest BCUT2D eigenvalue weighted by atomic mass is 10.2. The Morgan fingerprint density at radius 1 is 1.12 bits per heavy atom. The molecule has 3 aromatic rings. The molecule has 0 unspecified atom stereocenters. The van der Waals surface area contributed by atoms with Gasteiger partial charge in [0.2, 0.25) is 0 Å². The Morgan fingerprint density at radius 3 is 2.88 bits per heavy atom. The third-order valence-electron chi connectivity index (χ3n) is 3.53. The van der Waals surface area contributed by atoms with Gasteiger partial charge in [-0.3, -0.25) is 0 Å². The summed E-state index contributed by atoms with van der Waals surface area (Å²) in [5.74, 6) is 1.55. The summed E-state index contributed by atoms with van der Waals surface area (Å²) in [4.78, 5) is 14.5. The molecule has 3 heterocycles. The van der Waals surface area contributed by atoms with Gasteiger partial charge in [0.05, 0.1) is 15.6 Å². The Kier molecular flexibility index (Phi) is 5.51. The van der Waals surface area contributed by atoms with E-state index in [0.717, 1.165) is 52.0 Å². The minimum atomic E-state index is 0.237. The fourth-order valence-corrected chi connectivity index (χ4v) is 3.24. The van der Waals surface area contributed by atoms with Crippen LogP contribution < -0.4 is 5.32 Å². The first-order chi connectivity index (χ1) is 11.7. The van der Waals surface area contributed by atoms with Gasteiger partial charge in [-0.2, -0.15) is 0 Å². The molecule has 6 heteroatoms. The van der Waals surface area contributed by atoms with E-state index in [1.165, 1.54) is 0 Å². The molecule has 0 bridgehead atoms. The molecule has 0 atom stereocenters. The summed E-state index contributed by atoms with van der Waals surface area (Å²) >= 11 is 1.66. The third kappa shape index (κ3) is 4.37. The molecule has 0 aliphatic heterocycles. The second kappa shape index (κ2) is 7.99. The molecule has 24 heavy (non-hydrogen) atoms. The van der Waals surface area contributed by atoms with Crippen LogP contribution in [0.15, 0.2) is 42.7 Å². The van der Waals surface area contributed by atoms with E-state index in [2.05, 4.69) is 20.3 Å². The molecule has 0 aliphatic rings. The summed E-state index contributed by atoms with van der Waals surface area (Å²) in [5.41, 5.74) is 2.05. The molecule has 2 N–H and O–H groups in total. The van der Waals surface area contributed by atoms with Crippen molar-refractivity contribution in [3.8, 4) is 10.6 Å². The molecule has 0 aliphatic carbocycles. The molecule has 0 spiro atoms. The summed E-state index contributed by atoms with van der Waals surface area (Å²) in [7, 11) is 0. The number of hydrogen-bond acceptors (Lipinski definition) is 6. The zero-order chi connectivity index (χ0) is 16.8. The highest BCUT2D eigenvalue weighted by molar-refractivity contribution is 7.15. The summed E-state index contributed by atoms with van der Waals surface area (Å²) in [6.45, 7) is 2.27. The van der Waals surface area contributed by atoms with E-state index in [-0.39, 0.29) is 6.61 Å². The van der Waals surface area contributed by atoms with E-state index in [0.29, 0.717) is 0 Å². The average Bonchev–Trinajstić information content (AvgIpc) is 3.04. The summed E-state index contributed by atoms with van der Waals surface area (Å²) in [6, 6.07) is 9.84. The van der Waals surface area contributed by atoms with Gasteiger partial charge in [-0.25, -0.2) is 15.0 Å². The summed E-state index contributed by atoms with van der Waals surface area (Å²) in [6.07, 6.45) is 6.32. The van der Waals surface area contributed by atoms with Gasteiger partial charge in [-0.05, 0) is 56.0 Å². The maximum absolute atomic E-state index is 8.86. The van der Waals surface area contributed by atoms with E-state index < -0.39 is 0 Å². The van der Waals surface area contributed by atoms with Crippen molar-refractivity contribution in [2.45, 2.75) is 26.2 Å². The lowest BCUT2D eigenvalue weighted by molar-refractivity contribution is 0.284. The molecule has 124 valence electrons. The van der Waals surface area contributed by atoms with Crippen molar-refractivity contribution < 1.29 is 5.11 Å². The number of aliphatic hydroxyl groups excluding tert-OH is 1. The van der Waals surface area contributed by atoms with Gasteiger partial charge in [0, 0.05) is 19.0 Å². The van der Waals surface area contributed by atoms with Crippen molar-refractivity contribution in [3.05, 3.63) is 53.3 Å². The normalized spacial score (nSPS) is 10.8. The van der Waals surface area contributed by atoms with Crippen LogP contribution in [0.3, 0.4) is 0 Å². The number of unbranched alkanes of at least 4 members (excludes halogenated alkanes) is 1. The van der Waals surface area contributed by atoms with E-state index in [4.69, 9.17) is 5.11 Å². The Bertz CT molecular complexity index is 803. The first-order valence-corrected chi connectivity index (χ1v) is 8.79. The molecule has 3 aromatic heterocycles. The highest BCUT2D eigenvalue weighted by Crippen LogP contribution is 2.27. The second-order valence-corrected chi connectivity index (χ2v) is 6.67. The average molecular weight is 340 g/mol. The number of thiazole rings is 1. The van der Waals surface area contributed by atoms with Gasteiger partial charge >= 0.3 is 0 Å². The number of aromatic nitrogens is 3. The fourth-order valence-electron chi connectivity index (χ4n) is 2.31. The minimum Gasteiger partial charge on any atom is -0.396 e.